The molecule has 9 aromatic rings. The van der Waals surface area contributed by atoms with Gasteiger partial charge < -0.3 is 13.7 Å². The summed E-state index contributed by atoms with van der Waals surface area (Å²) in [5, 5.41) is 5.19. The molecule has 5 heterocycles. The van der Waals surface area contributed by atoms with Crippen molar-refractivity contribution in [2.75, 3.05) is 0 Å². The van der Waals surface area contributed by atoms with Gasteiger partial charge in [0.2, 0.25) is 0 Å². The molecule has 0 aliphatic heterocycles. The summed E-state index contributed by atoms with van der Waals surface area (Å²) in [7, 11) is 0. The first-order valence-electron chi connectivity index (χ1n) is 15.1. The standard InChI is InChI=1S/C39H27N5O.Pd/c1-39(2,3)35-20-19-29-26-17-15-24(22-30(26)38-41-31-11-5-7-13-33(31)44(38)37(29)42-35)45-25-16-18-28-27-10-4-6-12-32(27)43(34(28)23-25)36-14-8-9-21-40-36;/h4-21H,1-3H3;/q-2;+2. The number of nitrogens with zero attached hydrogens (tertiary/aromatic N) is 5. The maximum atomic E-state index is 6.48. The van der Waals surface area contributed by atoms with Gasteiger partial charge in [0.05, 0.1) is 16.7 Å². The molecule has 4 aromatic carbocycles. The summed E-state index contributed by atoms with van der Waals surface area (Å²) in [5.74, 6) is 2.02. The predicted molar refractivity (Wildman–Crippen MR) is 181 cm³/mol. The smallest absolute Gasteiger partial charge is 0.503 e. The minimum Gasteiger partial charge on any atom is -0.503 e. The number of rotatable bonds is 3. The van der Waals surface area contributed by atoms with Gasteiger partial charge in [-0.25, -0.2) is 9.97 Å². The molecule has 0 radical (unpaired) electrons. The Bertz CT molecular complexity index is 2610. The molecule has 0 unspecified atom stereocenters. The first-order chi connectivity index (χ1) is 21.9. The van der Waals surface area contributed by atoms with Crippen molar-refractivity contribution < 1.29 is 25.2 Å². The van der Waals surface area contributed by atoms with E-state index < -0.39 is 0 Å². The largest absolute Gasteiger partial charge is 2.00 e. The summed E-state index contributed by atoms with van der Waals surface area (Å²) in [5.41, 5.74) is 6.54. The van der Waals surface area contributed by atoms with Crippen molar-refractivity contribution in [3.63, 3.8) is 0 Å². The van der Waals surface area contributed by atoms with Gasteiger partial charge in [-0.2, -0.15) is 6.07 Å². The average molecular weight is 688 g/mol. The molecule has 6 nitrogen and oxygen atoms in total. The molecule has 0 fully saturated rings. The number of ether oxygens (including phenoxy) is 1. The Morgan fingerprint density at radius 2 is 1.35 bits per heavy atom. The molecule has 0 aliphatic carbocycles. The third kappa shape index (κ3) is 4.31. The van der Waals surface area contributed by atoms with E-state index in [0.717, 1.165) is 71.8 Å². The van der Waals surface area contributed by atoms with Crippen LogP contribution in [0.15, 0.2) is 109 Å². The zero-order valence-electron chi connectivity index (χ0n) is 25.4. The normalized spacial score (nSPS) is 12.1. The molecule has 0 saturated heterocycles. The summed E-state index contributed by atoms with van der Waals surface area (Å²) in [6, 6.07) is 42.0. The maximum absolute atomic E-state index is 6.48. The van der Waals surface area contributed by atoms with Gasteiger partial charge in [-0.05, 0) is 47.2 Å². The molecule has 0 amide bonds. The fraction of sp³-hybridized carbons (Fsp3) is 0.103. The molecular weight excluding hydrogens is 661 g/mol. The zero-order chi connectivity index (χ0) is 30.3. The van der Waals surface area contributed by atoms with E-state index in [4.69, 9.17) is 14.7 Å². The molecule has 0 N–H and O–H groups in total. The summed E-state index contributed by atoms with van der Waals surface area (Å²) in [6.07, 6.45) is 1.81. The van der Waals surface area contributed by atoms with Gasteiger partial charge >= 0.3 is 20.4 Å². The van der Waals surface area contributed by atoms with Gasteiger partial charge in [-0.15, -0.1) is 29.7 Å². The van der Waals surface area contributed by atoms with Crippen LogP contribution in [0.25, 0.3) is 66.1 Å². The van der Waals surface area contributed by atoms with E-state index >= 15 is 0 Å². The number of benzene rings is 4. The van der Waals surface area contributed by atoms with Crippen LogP contribution in [-0.4, -0.2) is 23.9 Å². The van der Waals surface area contributed by atoms with E-state index in [-0.39, 0.29) is 25.8 Å². The number of para-hydroxylation sites is 3. The van der Waals surface area contributed by atoms with Crippen LogP contribution in [0.2, 0.25) is 0 Å². The minimum absolute atomic E-state index is 0. The van der Waals surface area contributed by atoms with Gasteiger partial charge in [0.1, 0.15) is 11.5 Å². The van der Waals surface area contributed by atoms with Crippen LogP contribution in [0.4, 0.5) is 0 Å². The van der Waals surface area contributed by atoms with Crippen molar-refractivity contribution in [3.8, 4) is 17.3 Å². The first kappa shape index (κ1) is 28.4. The zero-order valence-corrected chi connectivity index (χ0v) is 26.9. The number of imidazole rings is 1. The van der Waals surface area contributed by atoms with Crippen molar-refractivity contribution in [1.29, 1.82) is 0 Å². The van der Waals surface area contributed by atoms with Crippen molar-refractivity contribution in [1.82, 2.24) is 23.9 Å². The van der Waals surface area contributed by atoms with Gasteiger partial charge in [-0.1, -0.05) is 85.6 Å². The Morgan fingerprint density at radius 1 is 0.630 bits per heavy atom. The van der Waals surface area contributed by atoms with Crippen molar-refractivity contribution in [2.45, 2.75) is 26.2 Å². The third-order valence-corrected chi connectivity index (χ3v) is 8.50. The van der Waals surface area contributed by atoms with Crippen LogP contribution in [0.3, 0.4) is 0 Å². The second kappa shape index (κ2) is 10.5. The fourth-order valence-corrected chi connectivity index (χ4v) is 6.37. The quantitative estimate of drug-likeness (QED) is 0.106. The number of pyridine rings is 3. The molecule has 0 bridgehead atoms. The Kier molecular flexibility index (Phi) is 6.47. The second-order valence-electron chi connectivity index (χ2n) is 12.4. The minimum atomic E-state index is -0.0877. The molecule has 0 aliphatic rings. The van der Waals surface area contributed by atoms with Crippen molar-refractivity contribution in [2.24, 2.45) is 0 Å². The van der Waals surface area contributed by atoms with Crippen LogP contribution in [0.5, 0.6) is 11.5 Å². The van der Waals surface area contributed by atoms with Crippen LogP contribution >= 0.6 is 0 Å². The van der Waals surface area contributed by atoms with E-state index in [1.165, 1.54) is 0 Å². The van der Waals surface area contributed by atoms with Crippen LogP contribution in [0, 0.1) is 12.1 Å². The Labute approximate surface area is 279 Å². The number of hydrogen-bond donors (Lipinski definition) is 0. The monoisotopic (exact) mass is 687 g/mol. The molecule has 7 heteroatoms. The SMILES string of the molecule is CC(C)(C)c1ccc2c3ccc(Oc4[c-]c5c(cc4)c4ccccc4n5-c4ccccn4)[c-]c3c3nc4ccccc4n3c2n1.[Pd+2]. The fourth-order valence-electron chi connectivity index (χ4n) is 6.37. The van der Waals surface area contributed by atoms with Gasteiger partial charge in [0, 0.05) is 34.3 Å². The van der Waals surface area contributed by atoms with E-state index in [0.29, 0.717) is 11.5 Å². The topological polar surface area (TPSA) is 57.2 Å². The number of aromatic nitrogens is 5. The van der Waals surface area contributed by atoms with E-state index in [1.54, 1.807) is 0 Å². The molecule has 46 heavy (non-hydrogen) atoms. The average Bonchev–Trinajstić information content (AvgIpc) is 3.61. The molecular formula is C39H27N5OPd. The summed E-state index contributed by atoms with van der Waals surface area (Å²) in [6.45, 7) is 6.56. The van der Waals surface area contributed by atoms with Crippen LogP contribution in [-0.2, 0) is 25.8 Å². The summed E-state index contributed by atoms with van der Waals surface area (Å²) >= 11 is 0. The summed E-state index contributed by atoms with van der Waals surface area (Å²) in [4.78, 5) is 14.9. The van der Waals surface area contributed by atoms with Crippen LogP contribution < -0.4 is 4.74 Å². The molecule has 224 valence electrons. The van der Waals surface area contributed by atoms with Gasteiger partial charge in [-0.3, -0.25) is 4.98 Å². The third-order valence-electron chi connectivity index (χ3n) is 8.50. The van der Waals surface area contributed by atoms with Gasteiger partial charge in [0.15, 0.2) is 0 Å². The van der Waals surface area contributed by atoms with E-state index in [9.17, 15) is 0 Å². The Hall–Kier alpha value is -5.09. The Balaban J connectivity index is 0.00000312. The number of hydrogen-bond acceptors (Lipinski definition) is 4. The predicted octanol–water partition coefficient (Wildman–Crippen LogP) is 9.37. The second-order valence-corrected chi connectivity index (χ2v) is 12.4. The molecule has 0 spiro atoms. The molecule has 0 atom stereocenters. The van der Waals surface area contributed by atoms with Gasteiger partial charge in [0.25, 0.3) is 0 Å². The van der Waals surface area contributed by atoms with Crippen molar-refractivity contribution >= 4 is 60.3 Å². The molecule has 9 rings (SSSR count). The maximum Gasteiger partial charge on any atom is 2.00 e. The number of fused-ring (bicyclic) bond motifs is 11. The molecule has 5 aromatic heterocycles. The van der Waals surface area contributed by atoms with E-state index in [2.05, 4.69) is 95.4 Å². The molecule has 0 saturated carbocycles. The Morgan fingerprint density at radius 3 is 2.15 bits per heavy atom. The summed E-state index contributed by atoms with van der Waals surface area (Å²) < 4.78 is 10.8. The first-order valence-corrected chi connectivity index (χ1v) is 15.1. The van der Waals surface area contributed by atoms with E-state index in [1.807, 2.05) is 60.8 Å². The van der Waals surface area contributed by atoms with Crippen molar-refractivity contribution in [3.05, 3.63) is 127 Å². The van der Waals surface area contributed by atoms with Crippen LogP contribution in [0.1, 0.15) is 26.5 Å².